The summed E-state index contributed by atoms with van der Waals surface area (Å²) in [7, 11) is 1.62. The summed E-state index contributed by atoms with van der Waals surface area (Å²) in [5.74, 6) is -0.412. The fourth-order valence-corrected chi connectivity index (χ4v) is 0.886. The molecule has 5 heteroatoms. The minimum Gasteiger partial charge on any atom is -0.319 e. The average Bonchev–Trinajstić information content (AvgIpc) is 2.18. The third-order valence-corrected chi connectivity index (χ3v) is 1.68. The van der Waals surface area contributed by atoms with Crippen LogP contribution in [-0.2, 0) is 11.9 Å². The number of carbonyl (C=O) groups is 1. The molecule has 76 valence electrons. The summed E-state index contributed by atoms with van der Waals surface area (Å²) in [6.45, 7) is 2.14. The molecule has 5 nitrogen and oxygen atoms in total. The Labute approximate surface area is 81.3 Å². The van der Waals surface area contributed by atoms with Gasteiger partial charge in [-0.1, -0.05) is 0 Å². The van der Waals surface area contributed by atoms with Crippen molar-refractivity contribution < 1.29 is 9.63 Å². The summed E-state index contributed by atoms with van der Waals surface area (Å²) >= 11 is 0. The van der Waals surface area contributed by atoms with Crippen LogP contribution in [0.5, 0.6) is 0 Å². The van der Waals surface area contributed by atoms with E-state index in [-0.39, 0.29) is 5.56 Å². The number of hydrogen-bond acceptors (Lipinski definition) is 3. The first-order valence-corrected chi connectivity index (χ1v) is 4.24. The first kappa shape index (κ1) is 10.5. The Morgan fingerprint density at radius 3 is 2.93 bits per heavy atom. The summed E-state index contributed by atoms with van der Waals surface area (Å²) in [4.78, 5) is 27.2. The molecule has 0 saturated carbocycles. The molecule has 0 aromatic carbocycles. The molecule has 1 rings (SSSR count). The number of nitrogens with zero attached hydrogens (tertiary/aromatic N) is 1. The zero-order valence-electron chi connectivity index (χ0n) is 8.11. The number of amides is 1. The van der Waals surface area contributed by atoms with Crippen LogP contribution in [0.2, 0.25) is 0 Å². The van der Waals surface area contributed by atoms with Gasteiger partial charge in [0.15, 0.2) is 0 Å². The molecule has 0 radical (unpaired) electrons. The number of carbonyl (C=O) groups excluding carboxylic acids is 1. The van der Waals surface area contributed by atoms with Crippen molar-refractivity contribution in [2.45, 2.75) is 6.92 Å². The third-order valence-electron chi connectivity index (χ3n) is 1.68. The largest absolute Gasteiger partial charge is 0.319 e. The van der Waals surface area contributed by atoms with Crippen molar-refractivity contribution in [2.75, 3.05) is 6.61 Å². The topological polar surface area (TPSA) is 60.3 Å². The molecule has 0 unspecified atom stereocenters. The van der Waals surface area contributed by atoms with Gasteiger partial charge in [0.05, 0.1) is 6.61 Å². The van der Waals surface area contributed by atoms with E-state index in [2.05, 4.69) is 5.48 Å². The number of rotatable bonds is 3. The number of hydroxylamine groups is 1. The predicted molar refractivity (Wildman–Crippen MR) is 50.8 cm³/mol. The van der Waals surface area contributed by atoms with E-state index in [9.17, 15) is 9.59 Å². The van der Waals surface area contributed by atoms with E-state index in [1.54, 1.807) is 20.0 Å². The number of hydrogen-bond donors (Lipinski definition) is 1. The van der Waals surface area contributed by atoms with Gasteiger partial charge in [0.25, 0.3) is 11.5 Å². The SMILES string of the molecule is CCONC(=O)c1ccn(C)c(=O)c1. The molecule has 0 spiro atoms. The molecule has 1 amide bonds. The maximum absolute atomic E-state index is 11.3. The molecule has 14 heavy (non-hydrogen) atoms. The highest BCUT2D eigenvalue weighted by molar-refractivity contribution is 5.93. The molecule has 1 N–H and O–H groups in total. The van der Waals surface area contributed by atoms with Gasteiger partial charge in [0.2, 0.25) is 0 Å². The maximum atomic E-state index is 11.3. The van der Waals surface area contributed by atoms with Gasteiger partial charge in [-0.25, -0.2) is 5.48 Å². The lowest BCUT2D eigenvalue weighted by molar-refractivity contribution is 0.0364. The van der Waals surface area contributed by atoms with E-state index in [0.29, 0.717) is 12.2 Å². The highest BCUT2D eigenvalue weighted by atomic mass is 16.6. The minimum absolute atomic E-state index is 0.228. The van der Waals surface area contributed by atoms with Gasteiger partial charge >= 0.3 is 0 Å². The molecule has 0 saturated heterocycles. The van der Waals surface area contributed by atoms with Gasteiger partial charge in [-0.2, -0.15) is 0 Å². The van der Waals surface area contributed by atoms with Gasteiger partial charge in [0.1, 0.15) is 0 Å². The summed E-state index contributed by atoms with van der Waals surface area (Å²) in [6, 6.07) is 2.81. The second kappa shape index (κ2) is 4.57. The lowest BCUT2D eigenvalue weighted by Crippen LogP contribution is -2.26. The third kappa shape index (κ3) is 2.43. The standard InChI is InChI=1S/C9H12N2O3/c1-3-14-10-9(13)7-4-5-11(2)8(12)6-7/h4-6H,3H2,1-2H3,(H,10,13). The molecule has 0 atom stereocenters. The predicted octanol–water partition coefficient (Wildman–Crippen LogP) is 0.0666. The lowest BCUT2D eigenvalue weighted by atomic mass is 10.2. The molecule has 0 aliphatic heterocycles. The molecule has 0 aliphatic rings. The summed E-state index contributed by atoms with van der Waals surface area (Å²) < 4.78 is 1.39. The fraction of sp³-hybridized carbons (Fsp3) is 0.333. The lowest BCUT2D eigenvalue weighted by Gasteiger charge is -2.03. The van der Waals surface area contributed by atoms with Crippen LogP contribution >= 0.6 is 0 Å². The van der Waals surface area contributed by atoms with E-state index in [1.165, 1.54) is 16.8 Å². The van der Waals surface area contributed by atoms with Crippen LogP contribution in [0, 0.1) is 0 Å². The minimum atomic E-state index is -0.412. The summed E-state index contributed by atoms with van der Waals surface area (Å²) in [6.07, 6.45) is 1.53. The Morgan fingerprint density at radius 2 is 2.36 bits per heavy atom. The zero-order valence-corrected chi connectivity index (χ0v) is 8.11. The van der Waals surface area contributed by atoms with E-state index in [0.717, 1.165) is 0 Å². The maximum Gasteiger partial charge on any atom is 0.275 e. The molecule has 0 aliphatic carbocycles. The van der Waals surface area contributed by atoms with Gasteiger partial charge in [-0.05, 0) is 13.0 Å². The monoisotopic (exact) mass is 196 g/mol. The van der Waals surface area contributed by atoms with Crippen molar-refractivity contribution in [2.24, 2.45) is 7.05 Å². The van der Waals surface area contributed by atoms with Gasteiger partial charge < -0.3 is 4.57 Å². The van der Waals surface area contributed by atoms with Crippen molar-refractivity contribution in [3.05, 3.63) is 34.2 Å². The van der Waals surface area contributed by atoms with Crippen molar-refractivity contribution in [3.8, 4) is 0 Å². The van der Waals surface area contributed by atoms with Crippen LogP contribution in [0.1, 0.15) is 17.3 Å². The molecule has 1 aromatic rings. The number of pyridine rings is 1. The Balaban J connectivity index is 2.81. The molecular formula is C9H12N2O3. The van der Waals surface area contributed by atoms with Gasteiger partial charge in [-0.15, -0.1) is 0 Å². The van der Waals surface area contributed by atoms with Crippen molar-refractivity contribution in [3.63, 3.8) is 0 Å². The van der Waals surface area contributed by atoms with E-state index in [1.807, 2.05) is 0 Å². The average molecular weight is 196 g/mol. The number of aromatic nitrogens is 1. The van der Waals surface area contributed by atoms with E-state index >= 15 is 0 Å². The summed E-state index contributed by atoms with van der Waals surface area (Å²) in [5.41, 5.74) is 2.27. The van der Waals surface area contributed by atoms with Crippen LogP contribution in [0.4, 0.5) is 0 Å². The van der Waals surface area contributed by atoms with Crippen molar-refractivity contribution in [1.29, 1.82) is 0 Å². The van der Waals surface area contributed by atoms with Crippen LogP contribution in [0.25, 0.3) is 0 Å². The fourth-order valence-electron chi connectivity index (χ4n) is 0.886. The molecule has 0 fully saturated rings. The quantitative estimate of drug-likeness (QED) is 0.696. The Kier molecular flexibility index (Phi) is 3.41. The molecule has 1 aromatic heterocycles. The Morgan fingerprint density at radius 1 is 1.64 bits per heavy atom. The normalized spacial score (nSPS) is 9.86. The van der Waals surface area contributed by atoms with Crippen LogP contribution in [-0.4, -0.2) is 17.1 Å². The van der Waals surface area contributed by atoms with Crippen LogP contribution < -0.4 is 11.0 Å². The van der Waals surface area contributed by atoms with Gasteiger partial charge in [0, 0.05) is 24.9 Å². The van der Waals surface area contributed by atoms with Crippen LogP contribution in [0.3, 0.4) is 0 Å². The highest BCUT2D eigenvalue weighted by Gasteiger charge is 2.05. The van der Waals surface area contributed by atoms with Crippen molar-refractivity contribution >= 4 is 5.91 Å². The van der Waals surface area contributed by atoms with E-state index < -0.39 is 5.91 Å². The molecular weight excluding hydrogens is 184 g/mol. The highest BCUT2D eigenvalue weighted by Crippen LogP contribution is 1.93. The Hall–Kier alpha value is -1.62. The van der Waals surface area contributed by atoms with Gasteiger partial charge in [-0.3, -0.25) is 14.4 Å². The Bertz CT molecular complexity index is 384. The smallest absolute Gasteiger partial charge is 0.275 e. The second-order valence-electron chi connectivity index (χ2n) is 2.73. The molecule has 1 heterocycles. The summed E-state index contributed by atoms with van der Waals surface area (Å²) in [5, 5.41) is 0. The van der Waals surface area contributed by atoms with Crippen molar-refractivity contribution in [1.82, 2.24) is 10.0 Å². The first-order chi connectivity index (χ1) is 6.65. The first-order valence-electron chi connectivity index (χ1n) is 4.24. The molecule has 0 bridgehead atoms. The zero-order chi connectivity index (χ0) is 10.6. The second-order valence-corrected chi connectivity index (χ2v) is 2.73. The number of aryl methyl sites for hydroxylation is 1. The number of nitrogens with one attached hydrogen (secondary N) is 1. The van der Waals surface area contributed by atoms with Crippen LogP contribution in [0.15, 0.2) is 23.1 Å². The van der Waals surface area contributed by atoms with E-state index in [4.69, 9.17) is 4.84 Å².